The van der Waals surface area contributed by atoms with Gasteiger partial charge < -0.3 is 5.32 Å². The second kappa shape index (κ2) is 5.02. The number of aromatic nitrogens is 1. The number of hydrogen-bond donors (Lipinski definition) is 1. The molecule has 1 N–H and O–H groups in total. The first-order valence-corrected chi connectivity index (χ1v) is 7.22. The number of anilines is 1. The van der Waals surface area contributed by atoms with Crippen molar-refractivity contribution in [3.8, 4) is 0 Å². The van der Waals surface area contributed by atoms with Crippen LogP contribution in [0.15, 0.2) is 48.7 Å². The highest BCUT2D eigenvalue weighted by Crippen LogP contribution is 2.28. The summed E-state index contributed by atoms with van der Waals surface area (Å²) in [5.41, 5.74) is 2.17. The van der Waals surface area contributed by atoms with Crippen LogP contribution in [-0.2, 0) is 0 Å². The van der Waals surface area contributed by atoms with Gasteiger partial charge in [-0.15, -0.1) is 11.3 Å². The third-order valence-electron chi connectivity index (χ3n) is 3.21. The maximum absolute atomic E-state index is 4.39. The van der Waals surface area contributed by atoms with Crippen molar-refractivity contribution >= 4 is 27.9 Å². The Morgan fingerprint density at radius 1 is 1.11 bits per heavy atom. The number of rotatable bonds is 3. The van der Waals surface area contributed by atoms with Gasteiger partial charge in [-0.2, -0.15) is 0 Å². The summed E-state index contributed by atoms with van der Waals surface area (Å²) in [6.07, 6.45) is 1.86. The van der Waals surface area contributed by atoms with Crippen molar-refractivity contribution in [3.63, 3.8) is 0 Å². The molecular formula is C16H16N2S. The van der Waals surface area contributed by atoms with Crippen molar-refractivity contribution in [1.82, 2.24) is 4.98 Å². The van der Waals surface area contributed by atoms with Crippen molar-refractivity contribution in [2.75, 3.05) is 5.32 Å². The number of fused-ring (bicyclic) bond motifs is 1. The monoisotopic (exact) mass is 268 g/mol. The number of nitrogens with zero attached hydrogens (tertiary/aromatic N) is 1. The van der Waals surface area contributed by atoms with Gasteiger partial charge in [0.25, 0.3) is 0 Å². The number of pyridine rings is 1. The first-order valence-electron chi connectivity index (χ1n) is 6.40. The summed E-state index contributed by atoms with van der Waals surface area (Å²) < 4.78 is 0. The van der Waals surface area contributed by atoms with Gasteiger partial charge in [0.05, 0.1) is 11.6 Å². The summed E-state index contributed by atoms with van der Waals surface area (Å²) in [6.45, 7) is 4.34. The lowest BCUT2D eigenvalue weighted by Gasteiger charge is -2.15. The Kier molecular flexibility index (Phi) is 3.22. The molecule has 3 aromatic rings. The van der Waals surface area contributed by atoms with Crippen LogP contribution in [0.25, 0.3) is 10.9 Å². The molecule has 0 aliphatic carbocycles. The van der Waals surface area contributed by atoms with Gasteiger partial charge in [-0.3, -0.25) is 4.98 Å². The van der Waals surface area contributed by atoms with Crippen LogP contribution in [-0.4, -0.2) is 4.98 Å². The van der Waals surface area contributed by atoms with E-state index in [9.17, 15) is 0 Å². The summed E-state index contributed by atoms with van der Waals surface area (Å²) in [6, 6.07) is 14.9. The first-order chi connectivity index (χ1) is 9.24. The smallest absolute Gasteiger partial charge is 0.0722 e. The Hall–Kier alpha value is -1.87. The quantitative estimate of drug-likeness (QED) is 0.739. The number of aryl methyl sites for hydroxylation is 1. The molecule has 1 atom stereocenters. The highest BCUT2D eigenvalue weighted by atomic mass is 32.1. The lowest BCUT2D eigenvalue weighted by molar-refractivity contribution is 0.910. The zero-order chi connectivity index (χ0) is 13.2. The molecule has 1 unspecified atom stereocenters. The van der Waals surface area contributed by atoms with Gasteiger partial charge in [0.2, 0.25) is 0 Å². The van der Waals surface area contributed by atoms with E-state index < -0.39 is 0 Å². The van der Waals surface area contributed by atoms with Gasteiger partial charge in [-0.25, -0.2) is 0 Å². The molecule has 2 aromatic heterocycles. The number of benzene rings is 1. The van der Waals surface area contributed by atoms with Gasteiger partial charge in [-0.05, 0) is 38.1 Å². The van der Waals surface area contributed by atoms with E-state index in [1.807, 2.05) is 35.7 Å². The van der Waals surface area contributed by atoms with Crippen molar-refractivity contribution in [2.45, 2.75) is 19.9 Å². The number of thiophene rings is 1. The lowest BCUT2D eigenvalue weighted by Crippen LogP contribution is -2.05. The van der Waals surface area contributed by atoms with E-state index in [-0.39, 0.29) is 0 Å². The maximum Gasteiger partial charge on any atom is 0.0722 e. The summed E-state index contributed by atoms with van der Waals surface area (Å²) in [5, 5.41) is 4.76. The minimum atomic E-state index is 0.310. The predicted octanol–water partition coefficient (Wildman–Crippen LogP) is 4.78. The molecule has 0 fully saturated rings. The fraction of sp³-hybridized carbons (Fsp3) is 0.188. The minimum Gasteiger partial charge on any atom is -0.377 e. The molecule has 0 amide bonds. The molecule has 0 spiro atoms. The Morgan fingerprint density at radius 2 is 1.95 bits per heavy atom. The van der Waals surface area contributed by atoms with Gasteiger partial charge >= 0.3 is 0 Å². The third kappa shape index (κ3) is 2.47. The lowest BCUT2D eigenvalue weighted by atomic mass is 10.1. The number of nitrogens with one attached hydrogen (secondary N) is 1. The second-order valence-corrected chi connectivity index (χ2v) is 6.01. The number of hydrogen-bond acceptors (Lipinski definition) is 3. The van der Waals surface area contributed by atoms with Gasteiger partial charge in [0, 0.05) is 27.0 Å². The second-order valence-electron chi connectivity index (χ2n) is 4.69. The van der Waals surface area contributed by atoms with E-state index in [4.69, 9.17) is 0 Å². The minimum absolute atomic E-state index is 0.310. The van der Waals surface area contributed by atoms with E-state index in [1.54, 1.807) is 0 Å². The molecule has 3 heteroatoms. The van der Waals surface area contributed by atoms with E-state index >= 15 is 0 Å². The molecule has 0 bridgehead atoms. The molecule has 2 nitrogen and oxygen atoms in total. The summed E-state index contributed by atoms with van der Waals surface area (Å²) in [4.78, 5) is 7.10. The van der Waals surface area contributed by atoms with Crippen LogP contribution < -0.4 is 5.32 Å². The molecule has 0 saturated carbocycles. The normalized spacial score (nSPS) is 12.5. The van der Waals surface area contributed by atoms with Crippen LogP contribution in [0.2, 0.25) is 0 Å². The van der Waals surface area contributed by atoms with E-state index in [2.05, 4.69) is 48.4 Å². The van der Waals surface area contributed by atoms with Crippen molar-refractivity contribution in [3.05, 3.63) is 58.4 Å². The molecule has 19 heavy (non-hydrogen) atoms. The predicted molar refractivity (Wildman–Crippen MR) is 82.8 cm³/mol. The molecule has 0 aliphatic heterocycles. The Labute approximate surface area is 117 Å². The molecular weight excluding hydrogens is 252 g/mol. The zero-order valence-electron chi connectivity index (χ0n) is 11.1. The van der Waals surface area contributed by atoms with Crippen molar-refractivity contribution < 1.29 is 0 Å². The Bertz CT molecular complexity index is 697. The van der Waals surface area contributed by atoms with Crippen LogP contribution in [0, 0.1) is 6.92 Å². The van der Waals surface area contributed by atoms with Crippen LogP contribution >= 0.6 is 11.3 Å². The molecule has 0 aliphatic rings. The Balaban J connectivity index is 1.93. The summed E-state index contributed by atoms with van der Waals surface area (Å²) in [5.74, 6) is 0. The zero-order valence-corrected chi connectivity index (χ0v) is 11.9. The van der Waals surface area contributed by atoms with E-state index in [0.29, 0.717) is 6.04 Å². The average molecular weight is 268 g/mol. The van der Waals surface area contributed by atoms with Crippen LogP contribution in [0.5, 0.6) is 0 Å². The summed E-state index contributed by atoms with van der Waals surface area (Å²) >= 11 is 1.84. The van der Waals surface area contributed by atoms with Crippen molar-refractivity contribution in [1.29, 1.82) is 0 Å². The average Bonchev–Trinajstić information content (AvgIpc) is 2.86. The highest BCUT2D eigenvalue weighted by Gasteiger charge is 2.09. The van der Waals surface area contributed by atoms with Crippen molar-refractivity contribution in [2.24, 2.45) is 0 Å². The summed E-state index contributed by atoms with van der Waals surface area (Å²) in [7, 11) is 0. The van der Waals surface area contributed by atoms with Crippen LogP contribution in [0.3, 0.4) is 0 Å². The molecule has 0 saturated heterocycles. The van der Waals surface area contributed by atoms with E-state index in [0.717, 1.165) is 11.2 Å². The topological polar surface area (TPSA) is 24.9 Å². The largest absolute Gasteiger partial charge is 0.377 e. The van der Waals surface area contributed by atoms with Crippen LogP contribution in [0.4, 0.5) is 5.69 Å². The standard InChI is InChI=1S/C16H16N2S/c1-11-7-8-16(19-11)12(2)18-15-9-10-17-14-6-4-3-5-13(14)15/h3-10,12H,1-2H3,(H,17,18). The fourth-order valence-corrected chi connectivity index (χ4v) is 3.09. The molecule has 96 valence electrons. The molecule has 3 rings (SSSR count). The fourth-order valence-electron chi connectivity index (χ4n) is 2.21. The molecule has 1 aromatic carbocycles. The van der Waals surface area contributed by atoms with E-state index in [1.165, 1.54) is 15.1 Å². The van der Waals surface area contributed by atoms with Gasteiger partial charge in [0.15, 0.2) is 0 Å². The van der Waals surface area contributed by atoms with Crippen LogP contribution in [0.1, 0.15) is 22.7 Å². The first kappa shape index (κ1) is 12.2. The SMILES string of the molecule is Cc1ccc(C(C)Nc2ccnc3ccccc23)s1. The number of para-hydroxylation sites is 1. The molecule has 2 heterocycles. The third-order valence-corrected chi connectivity index (χ3v) is 4.39. The maximum atomic E-state index is 4.39. The Morgan fingerprint density at radius 3 is 2.74 bits per heavy atom. The van der Waals surface area contributed by atoms with Gasteiger partial charge in [-0.1, -0.05) is 18.2 Å². The van der Waals surface area contributed by atoms with Gasteiger partial charge in [0.1, 0.15) is 0 Å². The molecule has 0 radical (unpaired) electrons. The highest BCUT2D eigenvalue weighted by molar-refractivity contribution is 7.12.